The standard InChI is InChI=1S/C23H26N4O3/c1-16-8-10-17(11-9-16)25-22(28)15-27-19-6-3-2-5-18(19)26-21(27)12-13-24-23(29)20-7-4-14-30-20/h2-3,5-6,8-11,20H,4,7,12-15H2,1H3,(H,24,29)(H,25,28). The number of carbonyl (C=O) groups excluding carboxylic acids is 2. The van der Waals surface area contributed by atoms with Gasteiger partial charge in [-0.25, -0.2) is 4.98 Å². The predicted molar refractivity (Wildman–Crippen MR) is 115 cm³/mol. The van der Waals surface area contributed by atoms with Gasteiger partial charge in [0.2, 0.25) is 11.8 Å². The van der Waals surface area contributed by atoms with E-state index < -0.39 is 0 Å². The molecule has 1 fully saturated rings. The number of imidazole rings is 1. The number of rotatable bonds is 7. The summed E-state index contributed by atoms with van der Waals surface area (Å²) in [5.74, 6) is 0.571. The maximum absolute atomic E-state index is 12.7. The zero-order valence-electron chi connectivity index (χ0n) is 17.1. The van der Waals surface area contributed by atoms with E-state index in [0.29, 0.717) is 19.6 Å². The lowest BCUT2D eigenvalue weighted by Gasteiger charge is -2.12. The number of hydrogen-bond acceptors (Lipinski definition) is 4. The monoisotopic (exact) mass is 406 g/mol. The van der Waals surface area contributed by atoms with E-state index in [1.807, 2.05) is 60.0 Å². The van der Waals surface area contributed by atoms with Crippen LogP contribution >= 0.6 is 0 Å². The molecular weight excluding hydrogens is 380 g/mol. The van der Waals surface area contributed by atoms with Crippen molar-refractivity contribution in [1.82, 2.24) is 14.9 Å². The number of aromatic nitrogens is 2. The lowest BCUT2D eigenvalue weighted by atomic mass is 10.2. The highest BCUT2D eigenvalue weighted by molar-refractivity contribution is 5.91. The van der Waals surface area contributed by atoms with E-state index in [-0.39, 0.29) is 24.5 Å². The van der Waals surface area contributed by atoms with Gasteiger partial charge < -0.3 is 19.9 Å². The third-order valence-corrected chi connectivity index (χ3v) is 5.24. The summed E-state index contributed by atoms with van der Waals surface area (Å²) in [6.45, 7) is 3.25. The highest BCUT2D eigenvalue weighted by atomic mass is 16.5. The smallest absolute Gasteiger partial charge is 0.249 e. The van der Waals surface area contributed by atoms with Crippen LogP contribution in [0.3, 0.4) is 0 Å². The second kappa shape index (κ2) is 9.09. The van der Waals surface area contributed by atoms with Gasteiger partial charge in [-0.3, -0.25) is 9.59 Å². The highest BCUT2D eigenvalue weighted by Crippen LogP contribution is 2.17. The van der Waals surface area contributed by atoms with Gasteiger partial charge in [0, 0.05) is 25.3 Å². The zero-order valence-corrected chi connectivity index (χ0v) is 17.1. The van der Waals surface area contributed by atoms with Crippen molar-refractivity contribution in [2.24, 2.45) is 0 Å². The van der Waals surface area contributed by atoms with Crippen LogP contribution in [0.15, 0.2) is 48.5 Å². The fraction of sp³-hybridized carbons (Fsp3) is 0.348. The summed E-state index contributed by atoms with van der Waals surface area (Å²) >= 11 is 0. The van der Waals surface area contributed by atoms with Gasteiger partial charge in [-0.2, -0.15) is 0 Å². The normalized spacial score (nSPS) is 16.0. The molecule has 2 heterocycles. The molecule has 0 bridgehead atoms. The molecule has 1 aliphatic heterocycles. The van der Waals surface area contributed by atoms with Gasteiger partial charge >= 0.3 is 0 Å². The van der Waals surface area contributed by atoms with Crippen LogP contribution in [-0.4, -0.2) is 40.6 Å². The third-order valence-electron chi connectivity index (χ3n) is 5.24. The van der Waals surface area contributed by atoms with Crippen molar-refractivity contribution < 1.29 is 14.3 Å². The molecule has 2 aromatic carbocycles. The number of nitrogens with one attached hydrogen (secondary N) is 2. The van der Waals surface area contributed by atoms with Gasteiger partial charge in [-0.15, -0.1) is 0 Å². The van der Waals surface area contributed by atoms with Crippen molar-refractivity contribution in [3.63, 3.8) is 0 Å². The van der Waals surface area contributed by atoms with Crippen LogP contribution in [0.5, 0.6) is 0 Å². The van der Waals surface area contributed by atoms with E-state index in [1.165, 1.54) is 0 Å². The van der Waals surface area contributed by atoms with E-state index in [2.05, 4.69) is 15.6 Å². The van der Waals surface area contributed by atoms with E-state index in [9.17, 15) is 9.59 Å². The lowest BCUT2D eigenvalue weighted by Crippen LogP contribution is -2.35. The quantitative estimate of drug-likeness (QED) is 0.632. The molecule has 0 spiro atoms. The SMILES string of the molecule is Cc1ccc(NC(=O)Cn2c(CCNC(=O)C3CCCO3)nc3ccccc32)cc1. The Hall–Kier alpha value is -3.19. The fourth-order valence-electron chi connectivity index (χ4n) is 3.67. The first-order valence-corrected chi connectivity index (χ1v) is 10.3. The number of para-hydroxylation sites is 2. The molecule has 30 heavy (non-hydrogen) atoms. The zero-order chi connectivity index (χ0) is 20.9. The first-order valence-electron chi connectivity index (χ1n) is 10.3. The number of carbonyl (C=O) groups is 2. The molecule has 7 nitrogen and oxygen atoms in total. The van der Waals surface area contributed by atoms with Gasteiger partial charge in [0.05, 0.1) is 11.0 Å². The Bertz CT molecular complexity index is 1040. The van der Waals surface area contributed by atoms with Gasteiger partial charge in [0.15, 0.2) is 0 Å². The average molecular weight is 406 g/mol. The Morgan fingerprint density at radius 2 is 1.97 bits per heavy atom. The summed E-state index contributed by atoms with van der Waals surface area (Å²) < 4.78 is 7.33. The Labute approximate surface area is 175 Å². The number of amides is 2. The van der Waals surface area contributed by atoms with Crippen molar-refractivity contribution >= 4 is 28.5 Å². The molecule has 1 atom stereocenters. The molecule has 1 aliphatic rings. The predicted octanol–water partition coefficient (Wildman–Crippen LogP) is 2.82. The first-order chi connectivity index (χ1) is 14.6. The van der Waals surface area contributed by atoms with Crippen LogP contribution in [0.2, 0.25) is 0 Å². The van der Waals surface area contributed by atoms with Crippen molar-refractivity contribution in [2.75, 3.05) is 18.5 Å². The molecular formula is C23H26N4O3. The maximum Gasteiger partial charge on any atom is 0.249 e. The molecule has 7 heteroatoms. The molecule has 0 saturated carbocycles. The van der Waals surface area contributed by atoms with Crippen LogP contribution in [0.4, 0.5) is 5.69 Å². The molecule has 2 amide bonds. The molecule has 0 radical (unpaired) electrons. The van der Waals surface area contributed by atoms with Crippen LogP contribution < -0.4 is 10.6 Å². The number of aryl methyl sites for hydroxylation is 1. The van der Waals surface area contributed by atoms with Crippen molar-refractivity contribution in [3.8, 4) is 0 Å². The van der Waals surface area contributed by atoms with Crippen molar-refractivity contribution in [3.05, 3.63) is 59.9 Å². The van der Waals surface area contributed by atoms with Gasteiger partial charge in [0.25, 0.3) is 0 Å². The van der Waals surface area contributed by atoms with Gasteiger partial charge in [-0.1, -0.05) is 29.8 Å². The summed E-state index contributed by atoms with van der Waals surface area (Å²) in [4.78, 5) is 29.5. The molecule has 2 N–H and O–H groups in total. The molecule has 3 aromatic rings. The average Bonchev–Trinajstić information content (AvgIpc) is 3.39. The topological polar surface area (TPSA) is 85.2 Å². The maximum atomic E-state index is 12.7. The number of fused-ring (bicyclic) bond motifs is 1. The number of nitrogens with zero attached hydrogens (tertiary/aromatic N) is 2. The highest BCUT2D eigenvalue weighted by Gasteiger charge is 2.23. The van der Waals surface area contributed by atoms with Crippen LogP contribution in [-0.2, 0) is 27.3 Å². The largest absolute Gasteiger partial charge is 0.368 e. The summed E-state index contributed by atoms with van der Waals surface area (Å²) in [6.07, 6.45) is 1.88. The van der Waals surface area contributed by atoms with Crippen molar-refractivity contribution in [1.29, 1.82) is 0 Å². The molecule has 1 saturated heterocycles. The summed E-state index contributed by atoms with van der Waals surface area (Å²) in [7, 11) is 0. The minimum absolute atomic E-state index is 0.0766. The lowest BCUT2D eigenvalue weighted by molar-refractivity contribution is -0.130. The summed E-state index contributed by atoms with van der Waals surface area (Å²) in [5.41, 5.74) is 3.64. The van der Waals surface area contributed by atoms with E-state index in [4.69, 9.17) is 4.74 Å². The minimum Gasteiger partial charge on any atom is -0.368 e. The fourth-order valence-corrected chi connectivity index (χ4v) is 3.67. The van der Waals surface area contributed by atoms with Crippen molar-refractivity contribution in [2.45, 2.75) is 38.8 Å². The van der Waals surface area contributed by atoms with Crippen LogP contribution in [0, 0.1) is 6.92 Å². The number of benzene rings is 2. The first kappa shape index (κ1) is 20.1. The Balaban J connectivity index is 1.45. The second-order valence-corrected chi connectivity index (χ2v) is 7.56. The molecule has 1 unspecified atom stereocenters. The Morgan fingerprint density at radius 1 is 1.17 bits per heavy atom. The molecule has 4 rings (SSSR count). The Morgan fingerprint density at radius 3 is 2.73 bits per heavy atom. The minimum atomic E-state index is -0.343. The third kappa shape index (κ3) is 4.68. The van der Waals surface area contributed by atoms with E-state index in [0.717, 1.165) is 41.0 Å². The number of ether oxygens (including phenoxy) is 1. The van der Waals surface area contributed by atoms with Gasteiger partial charge in [0.1, 0.15) is 18.5 Å². The molecule has 156 valence electrons. The van der Waals surface area contributed by atoms with E-state index >= 15 is 0 Å². The van der Waals surface area contributed by atoms with Crippen LogP contribution in [0.1, 0.15) is 24.2 Å². The second-order valence-electron chi connectivity index (χ2n) is 7.56. The summed E-state index contributed by atoms with van der Waals surface area (Å²) in [6, 6.07) is 15.4. The number of hydrogen-bond donors (Lipinski definition) is 2. The Kier molecular flexibility index (Phi) is 6.09. The van der Waals surface area contributed by atoms with E-state index in [1.54, 1.807) is 0 Å². The van der Waals surface area contributed by atoms with Gasteiger partial charge in [-0.05, 0) is 44.0 Å². The number of anilines is 1. The molecule has 1 aromatic heterocycles. The van der Waals surface area contributed by atoms with Crippen LogP contribution in [0.25, 0.3) is 11.0 Å². The molecule has 0 aliphatic carbocycles. The summed E-state index contributed by atoms with van der Waals surface area (Å²) in [5, 5.41) is 5.86.